The van der Waals surface area contributed by atoms with Crippen LogP contribution >= 0.6 is 0 Å². The van der Waals surface area contributed by atoms with Crippen LogP contribution in [-0.2, 0) is 5.41 Å². The Hall–Kier alpha value is -2.95. The van der Waals surface area contributed by atoms with Gasteiger partial charge in [0.15, 0.2) is 0 Å². The van der Waals surface area contributed by atoms with Gasteiger partial charge in [-0.1, -0.05) is 80.8 Å². The summed E-state index contributed by atoms with van der Waals surface area (Å²) in [5.41, 5.74) is 8.62. The van der Waals surface area contributed by atoms with E-state index in [9.17, 15) is 9.90 Å². The molecular weight excluding hydrogens is 410 g/mol. The number of benzene rings is 3. The molecule has 3 N–H and O–H groups in total. The highest BCUT2D eigenvalue weighted by molar-refractivity contribution is 5.91. The van der Waals surface area contributed by atoms with Gasteiger partial charge in [-0.25, -0.2) is 4.79 Å². The lowest BCUT2D eigenvalue weighted by Gasteiger charge is -2.50. The third kappa shape index (κ3) is 4.59. The van der Waals surface area contributed by atoms with E-state index in [4.69, 9.17) is 10.5 Å². The Kier molecular flexibility index (Phi) is 6.68. The molecule has 1 fully saturated rings. The van der Waals surface area contributed by atoms with Gasteiger partial charge in [0.05, 0.1) is 11.2 Å². The molecule has 0 heterocycles. The molecule has 3 aromatic carbocycles. The van der Waals surface area contributed by atoms with E-state index in [0.29, 0.717) is 11.3 Å². The topological polar surface area (TPSA) is 72.5 Å². The summed E-state index contributed by atoms with van der Waals surface area (Å²) in [4.78, 5) is 12.7. The SMILES string of the molecule is CC(N)C(C)(c1ccc(OC(=O)c2ccc(-c3ccccc3)cc2)cc1)C1(O)CCCCC1. The maximum absolute atomic E-state index is 12.7. The van der Waals surface area contributed by atoms with E-state index in [1.165, 1.54) is 0 Å². The van der Waals surface area contributed by atoms with Crippen LogP contribution in [0.4, 0.5) is 0 Å². The molecule has 0 radical (unpaired) electrons. The average Bonchev–Trinajstić information content (AvgIpc) is 2.85. The summed E-state index contributed by atoms with van der Waals surface area (Å²) in [6.07, 6.45) is 4.68. The minimum absolute atomic E-state index is 0.225. The molecule has 0 spiro atoms. The van der Waals surface area contributed by atoms with Crippen LogP contribution in [0.5, 0.6) is 5.75 Å². The molecule has 2 unspecified atom stereocenters. The maximum atomic E-state index is 12.7. The van der Waals surface area contributed by atoms with Crippen LogP contribution in [0.15, 0.2) is 78.9 Å². The first-order valence-electron chi connectivity index (χ1n) is 11.8. The molecule has 4 rings (SSSR count). The average molecular weight is 444 g/mol. The zero-order valence-corrected chi connectivity index (χ0v) is 19.5. The van der Waals surface area contributed by atoms with Crippen molar-refractivity contribution in [2.24, 2.45) is 5.73 Å². The van der Waals surface area contributed by atoms with E-state index in [1.54, 1.807) is 24.3 Å². The fourth-order valence-corrected chi connectivity index (χ4v) is 5.08. The molecule has 4 nitrogen and oxygen atoms in total. The molecule has 172 valence electrons. The first-order valence-corrected chi connectivity index (χ1v) is 11.8. The van der Waals surface area contributed by atoms with Gasteiger partial charge in [0.2, 0.25) is 0 Å². The molecular formula is C29H33NO3. The number of nitrogens with two attached hydrogens (primary N) is 1. The molecule has 0 aromatic heterocycles. The zero-order valence-electron chi connectivity index (χ0n) is 19.5. The van der Waals surface area contributed by atoms with Crippen molar-refractivity contribution in [1.29, 1.82) is 0 Å². The van der Waals surface area contributed by atoms with E-state index < -0.39 is 17.0 Å². The summed E-state index contributed by atoms with van der Waals surface area (Å²) < 4.78 is 5.61. The number of aliphatic hydroxyl groups is 1. The molecule has 3 aromatic rings. The van der Waals surface area contributed by atoms with Gasteiger partial charge in [0, 0.05) is 11.5 Å². The van der Waals surface area contributed by atoms with E-state index in [2.05, 4.69) is 6.92 Å². The molecule has 0 saturated heterocycles. The molecule has 1 saturated carbocycles. The summed E-state index contributed by atoms with van der Waals surface area (Å²) >= 11 is 0. The molecule has 33 heavy (non-hydrogen) atoms. The quantitative estimate of drug-likeness (QED) is 0.369. The van der Waals surface area contributed by atoms with Crippen LogP contribution in [0.1, 0.15) is 61.9 Å². The van der Waals surface area contributed by atoms with Crippen molar-refractivity contribution < 1.29 is 14.6 Å². The Morgan fingerprint density at radius 1 is 0.909 bits per heavy atom. The highest BCUT2D eigenvalue weighted by atomic mass is 16.5. The van der Waals surface area contributed by atoms with Gasteiger partial charge >= 0.3 is 5.97 Å². The number of carbonyl (C=O) groups excluding carboxylic acids is 1. The monoisotopic (exact) mass is 443 g/mol. The lowest BCUT2D eigenvalue weighted by atomic mass is 9.60. The number of hydrogen-bond donors (Lipinski definition) is 2. The predicted molar refractivity (Wildman–Crippen MR) is 132 cm³/mol. The fourth-order valence-electron chi connectivity index (χ4n) is 5.08. The van der Waals surface area contributed by atoms with Gasteiger partial charge < -0.3 is 15.6 Å². The third-order valence-electron chi connectivity index (χ3n) is 7.45. The Bertz CT molecular complexity index is 1070. The van der Waals surface area contributed by atoms with Crippen molar-refractivity contribution in [3.8, 4) is 16.9 Å². The van der Waals surface area contributed by atoms with Crippen molar-refractivity contribution in [2.75, 3.05) is 0 Å². The summed E-state index contributed by atoms with van der Waals surface area (Å²) in [6.45, 7) is 4.01. The van der Waals surface area contributed by atoms with Gasteiger partial charge in [-0.2, -0.15) is 0 Å². The number of rotatable bonds is 6. The van der Waals surface area contributed by atoms with Crippen molar-refractivity contribution >= 4 is 5.97 Å². The number of carbonyl (C=O) groups is 1. The van der Waals surface area contributed by atoms with E-state index in [-0.39, 0.29) is 6.04 Å². The predicted octanol–water partition coefficient (Wildman–Crippen LogP) is 5.87. The second-order valence-electron chi connectivity index (χ2n) is 9.44. The standard InChI is InChI=1S/C29H33NO3/c1-21(30)28(2,29(32)19-7-4-8-20-29)25-15-17-26(18-16-25)33-27(31)24-13-11-23(12-14-24)22-9-5-3-6-10-22/h3,5-6,9-18,21,32H,4,7-8,19-20,30H2,1-2H3. The van der Waals surface area contributed by atoms with Crippen molar-refractivity contribution in [3.05, 3.63) is 90.0 Å². The van der Waals surface area contributed by atoms with Crippen LogP contribution in [0.25, 0.3) is 11.1 Å². The molecule has 1 aliphatic carbocycles. The Morgan fingerprint density at radius 3 is 2.06 bits per heavy atom. The van der Waals surface area contributed by atoms with Crippen LogP contribution in [0.3, 0.4) is 0 Å². The Morgan fingerprint density at radius 2 is 1.48 bits per heavy atom. The van der Waals surface area contributed by atoms with Gasteiger partial charge in [0.1, 0.15) is 5.75 Å². The zero-order chi connectivity index (χ0) is 23.5. The van der Waals surface area contributed by atoms with E-state index in [1.807, 2.05) is 61.5 Å². The molecule has 1 aliphatic rings. The largest absolute Gasteiger partial charge is 0.423 e. The molecule has 2 atom stereocenters. The molecule has 4 heteroatoms. The lowest BCUT2D eigenvalue weighted by molar-refractivity contribution is -0.0702. The van der Waals surface area contributed by atoms with Gasteiger partial charge in [0.25, 0.3) is 0 Å². The first kappa shape index (κ1) is 23.2. The molecule has 0 amide bonds. The van der Waals surface area contributed by atoms with Gasteiger partial charge in [-0.3, -0.25) is 0 Å². The second kappa shape index (κ2) is 9.50. The molecule has 0 bridgehead atoms. The fraction of sp³-hybridized carbons (Fsp3) is 0.345. The first-order chi connectivity index (χ1) is 15.8. The van der Waals surface area contributed by atoms with Crippen LogP contribution in [-0.4, -0.2) is 22.7 Å². The summed E-state index contributed by atoms with van der Waals surface area (Å²) in [6, 6.07) is 24.7. The van der Waals surface area contributed by atoms with Gasteiger partial charge in [-0.15, -0.1) is 0 Å². The van der Waals surface area contributed by atoms with E-state index >= 15 is 0 Å². The van der Waals surface area contributed by atoms with Crippen LogP contribution in [0, 0.1) is 0 Å². The van der Waals surface area contributed by atoms with Crippen molar-refractivity contribution in [1.82, 2.24) is 0 Å². The maximum Gasteiger partial charge on any atom is 0.343 e. The normalized spacial score (nSPS) is 18.2. The Labute approximate surface area is 196 Å². The van der Waals surface area contributed by atoms with Crippen molar-refractivity contribution in [3.63, 3.8) is 0 Å². The number of hydrogen-bond acceptors (Lipinski definition) is 4. The van der Waals surface area contributed by atoms with Gasteiger partial charge in [-0.05, 0) is 60.7 Å². The number of ether oxygens (including phenoxy) is 1. The third-order valence-corrected chi connectivity index (χ3v) is 7.45. The number of esters is 1. The minimum Gasteiger partial charge on any atom is -0.423 e. The van der Waals surface area contributed by atoms with Crippen LogP contribution in [0.2, 0.25) is 0 Å². The molecule has 0 aliphatic heterocycles. The summed E-state index contributed by atoms with van der Waals surface area (Å²) in [7, 11) is 0. The Balaban J connectivity index is 1.49. The van der Waals surface area contributed by atoms with E-state index in [0.717, 1.165) is 48.8 Å². The highest BCUT2D eigenvalue weighted by Gasteiger charge is 2.50. The van der Waals surface area contributed by atoms with Crippen LogP contribution < -0.4 is 10.5 Å². The second-order valence-corrected chi connectivity index (χ2v) is 9.44. The summed E-state index contributed by atoms with van der Waals surface area (Å²) in [5, 5.41) is 11.5. The smallest absolute Gasteiger partial charge is 0.343 e. The highest BCUT2D eigenvalue weighted by Crippen LogP contribution is 2.46. The minimum atomic E-state index is -0.835. The lowest BCUT2D eigenvalue weighted by Crippen LogP contribution is -2.59. The van der Waals surface area contributed by atoms with Crippen molar-refractivity contribution in [2.45, 2.75) is 63.0 Å². The summed E-state index contributed by atoms with van der Waals surface area (Å²) in [5.74, 6) is 0.0711.